The first kappa shape index (κ1) is 6.16. The molecule has 0 bridgehead atoms. The van der Waals surface area contributed by atoms with Crippen LogP contribution in [0.4, 0.5) is 0 Å². The lowest BCUT2D eigenvalue weighted by atomic mass is 10.2. The Labute approximate surface area is 52.0 Å². The Balaban J connectivity index is 2.80. The highest BCUT2D eigenvalue weighted by molar-refractivity contribution is 6.00. The van der Waals surface area contributed by atoms with Gasteiger partial charge in [-0.15, -0.1) is 0 Å². The highest BCUT2D eigenvalue weighted by Gasteiger charge is 2.21. The number of hydrogen-bond acceptors (Lipinski definition) is 3. The first-order valence-corrected chi connectivity index (χ1v) is 2.61. The second-order valence-electron chi connectivity index (χ2n) is 1.95. The molecule has 1 aliphatic carbocycles. The lowest BCUT2D eigenvalue weighted by Crippen LogP contribution is -2.06. The summed E-state index contributed by atoms with van der Waals surface area (Å²) in [5.74, 6) is -0.176. The Morgan fingerprint density at radius 2 is 2.44 bits per heavy atom. The lowest BCUT2D eigenvalue weighted by Gasteiger charge is -1.96. The zero-order chi connectivity index (χ0) is 6.85. The Hall–Kier alpha value is -0.960. The highest BCUT2D eigenvalue weighted by Crippen LogP contribution is 2.12. The molecule has 1 atom stereocenters. The smallest absolute Gasteiger partial charge is 0.159 e. The molecule has 0 heterocycles. The zero-order valence-electron chi connectivity index (χ0n) is 4.70. The Kier molecular flexibility index (Phi) is 1.44. The van der Waals surface area contributed by atoms with E-state index >= 15 is 0 Å². The molecule has 0 radical (unpaired) electrons. The maximum atomic E-state index is 10.4. The number of aliphatic hydroxyl groups is 1. The molecule has 1 N–H and O–H groups in total. The summed E-state index contributed by atoms with van der Waals surface area (Å²) in [5.41, 5.74) is 0.194. The summed E-state index contributed by atoms with van der Waals surface area (Å²) >= 11 is 0. The molecule has 3 heteroatoms. The van der Waals surface area contributed by atoms with Crippen molar-refractivity contribution in [2.24, 2.45) is 0 Å². The topological polar surface area (TPSA) is 54.4 Å². The quantitative estimate of drug-likeness (QED) is 0.479. The van der Waals surface area contributed by atoms with Gasteiger partial charge in [-0.1, -0.05) is 0 Å². The van der Waals surface area contributed by atoms with Gasteiger partial charge in [0, 0.05) is 12.0 Å². The van der Waals surface area contributed by atoms with Gasteiger partial charge in [0.1, 0.15) is 6.29 Å². The fourth-order valence-corrected chi connectivity index (χ4v) is 0.762. The number of carbonyl (C=O) groups is 2. The second kappa shape index (κ2) is 2.11. The molecular formula is C6H6O3. The van der Waals surface area contributed by atoms with Gasteiger partial charge in [-0.3, -0.25) is 9.59 Å². The van der Waals surface area contributed by atoms with Gasteiger partial charge in [0.25, 0.3) is 0 Å². The van der Waals surface area contributed by atoms with Crippen molar-refractivity contribution in [2.45, 2.75) is 12.5 Å². The van der Waals surface area contributed by atoms with Gasteiger partial charge in [0.15, 0.2) is 5.78 Å². The third-order valence-corrected chi connectivity index (χ3v) is 1.24. The maximum absolute atomic E-state index is 10.4. The summed E-state index contributed by atoms with van der Waals surface area (Å²) in [6.45, 7) is 0. The van der Waals surface area contributed by atoms with E-state index in [1.165, 1.54) is 6.08 Å². The predicted octanol–water partition coefficient (Wildman–Crippen LogP) is -0.555. The summed E-state index contributed by atoms with van der Waals surface area (Å²) in [6.07, 6.45) is 0.899. The van der Waals surface area contributed by atoms with E-state index in [2.05, 4.69) is 0 Å². The van der Waals surface area contributed by atoms with E-state index in [-0.39, 0.29) is 17.8 Å². The number of allylic oxidation sites excluding steroid dienone is 1. The molecule has 0 saturated heterocycles. The maximum Gasteiger partial charge on any atom is 0.159 e. The molecule has 1 rings (SSSR count). The van der Waals surface area contributed by atoms with Crippen LogP contribution >= 0.6 is 0 Å². The van der Waals surface area contributed by atoms with Crippen LogP contribution in [0.3, 0.4) is 0 Å². The van der Waals surface area contributed by atoms with Crippen molar-refractivity contribution in [1.82, 2.24) is 0 Å². The van der Waals surface area contributed by atoms with Gasteiger partial charge in [-0.2, -0.15) is 0 Å². The molecule has 0 spiro atoms. The molecule has 3 nitrogen and oxygen atoms in total. The van der Waals surface area contributed by atoms with Crippen molar-refractivity contribution in [2.75, 3.05) is 0 Å². The van der Waals surface area contributed by atoms with Crippen molar-refractivity contribution >= 4 is 12.1 Å². The minimum Gasteiger partial charge on any atom is -0.388 e. The van der Waals surface area contributed by atoms with Crippen LogP contribution in [-0.4, -0.2) is 23.3 Å². The minimum atomic E-state index is -0.852. The standard InChI is InChI=1S/C6H6O3/c7-3-4-1-5(8)2-6(4)9/h1,3,6,9H,2H2/t6-/m1/s1. The average molecular weight is 126 g/mol. The number of ketones is 1. The monoisotopic (exact) mass is 126 g/mol. The molecule has 9 heavy (non-hydrogen) atoms. The first-order valence-electron chi connectivity index (χ1n) is 2.61. The Bertz CT molecular complexity index is 181. The van der Waals surface area contributed by atoms with Gasteiger partial charge >= 0.3 is 0 Å². The van der Waals surface area contributed by atoms with E-state index in [0.717, 1.165) is 0 Å². The van der Waals surface area contributed by atoms with E-state index in [1.807, 2.05) is 0 Å². The molecule has 0 fully saturated rings. The molecule has 0 aromatic carbocycles. The number of aliphatic hydroxyl groups excluding tert-OH is 1. The zero-order valence-corrected chi connectivity index (χ0v) is 4.70. The first-order chi connectivity index (χ1) is 4.24. The second-order valence-corrected chi connectivity index (χ2v) is 1.95. The van der Waals surface area contributed by atoms with Crippen molar-refractivity contribution in [3.8, 4) is 0 Å². The van der Waals surface area contributed by atoms with Gasteiger partial charge in [-0.25, -0.2) is 0 Å². The van der Waals surface area contributed by atoms with Gasteiger partial charge < -0.3 is 5.11 Å². The van der Waals surface area contributed by atoms with Crippen LogP contribution in [-0.2, 0) is 9.59 Å². The van der Waals surface area contributed by atoms with E-state index in [9.17, 15) is 9.59 Å². The van der Waals surface area contributed by atoms with Crippen molar-refractivity contribution < 1.29 is 14.7 Å². The average Bonchev–Trinajstić information content (AvgIpc) is 2.10. The molecular weight excluding hydrogens is 120 g/mol. The van der Waals surface area contributed by atoms with Crippen LogP contribution in [0.25, 0.3) is 0 Å². The molecule has 0 saturated carbocycles. The molecule has 0 aromatic heterocycles. The van der Waals surface area contributed by atoms with Gasteiger partial charge in [0.05, 0.1) is 6.10 Å². The molecule has 48 valence electrons. The number of carbonyl (C=O) groups excluding carboxylic acids is 2. The number of aldehydes is 1. The molecule has 1 aliphatic rings. The highest BCUT2D eigenvalue weighted by atomic mass is 16.3. The molecule has 0 aromatic rings. The summed E-state index contributed by atoms with van der Waals surface area (Å²) in [7, 11) is 0. The summed E-state index contributed by atoms with van der Waals surface area (Å²) in [4.78, 5) is 20.4. The van der Waals surface area contributed by atoms with Crippen LogP contribution in [0.5, 0.6) is 0 Å². The van der Waals surface area contributed by atoms with Crippen molar-refractivity contribution in [1.29, 1.82) is 0 Å². The third-order valence-electron chi connectivity index (χ3n) is 1.24. The Morgan fingerprint density at radius 1 is 1.78 bits per heavy atom. The van der Waals surface area contributed by atoms with Crippen molar-refractivity contribution in [3.63, 3.8) is 0 Å². The SMILES string of the molecule is O=CC1=CC(=O)C[C@H]1O. The number of hydrogen-bond donors (Lipinski definition) is 1. The summed E-state index contributed by atoms with van der Waals surface area (Å²) in [5, 5.41) is 8.84. The molecule has 0 aliphatic heterocycles. The van der Waals surface area contributed by atoms with Crippen LogP contribution < -0.4 is 0 Å². The Morgan fingerprint density at radius 3 is 2.67 bits per heavy atom. The number of rotatable bonds is 1. The van der Waals surface area contributed by atoms with E-state index in [0.29, 0.717) is 6.29 Å². The van der Waals surface area contributed by atoms with Gasteiger partial charge in [-0.05, 0) is 6.08 Å². The normalized spacial score (nSPS) is 26.1. The fraction of sp³-hybridized carbons (Fsp3) is 0.333. The van der Waals surface area contributed by atoms with Gasteiger partial charge in [0.2, 0.25) is 0 Å². The molecule has 0 unspecified atom stereocenters. The van der Waals surface area contributed by atoms with E-state index in [4.69, 9.17) is 5.11 Å². The summed E-state index contributed by atoms with van der Waals surface area (Å²) < 4.78 is 0. The largest absolute Gasteiger partial charge is 0.388 e. The molecule has 0 amide bonds. The fourth-order valence-electron chi connectivity index (χ4n) is 0.762. The van der Waals surface area contributed by atoms with Crippen LogP contribution in [0.15, 0.2) is 11.6 Å². The predicted molar refractivity (Wildman–Crippen MR) is 29.8 cm³/mol. The van der Waals surface area contributed by atoms with E-state index in [1.54, 1.807) is 0 Å². The lowest BCUT2D eigenvalue weighted by molar-refractivity contribution is -0.114. The van der Waals surface area contributed by atoms with Crippen LogP contribution in [0, 0.1) is 0 Å². The van der Waals surface area contributed by atoms with E-state index < -0.39 is 6.10 Å². The van der Waals surface area contributed by atoms with Crippen molar-refractivity contribution in [3.05, 3.63) is 11.6 Å². The minimum absolute atomic E-state index is 0.0636. The van der Waals surface area contributed by atoms with Crippen LogP contribution in [0.1, 0.15) is 6.42 Å². The third kappa shape index (κ3) is 1.05. The summed E-state index contributed by atoms with van der Waals surface area (Å²) in [6, 6.07) is 0. The van der Waals surface area contributed by atoms with Crippen LogP contribution in [0.2, 0.25) is 0 Å².